The van der Waals surface area contributed by atoms with E-state index < -0.39 is 0 Å². The molecule has 128 valence electrons. The number of furan rings is 1. The maximum Gasteiger partial charge on any atom is 0.186 e. The second-order valence-electron chi connectivity index (χ2n) is 4.89. The largest absolute Gasteiger partial charge is 0.455 e. The summed E-state index contributed by atoms with van der Waals surface area (Å²) < 4.78 is 12.0. The zero-order valence-electron chi connectivity index (χ0n) is 13.4. The molecule has 0 saturated carbocycles. The van der Waals surface area contributed by atoms with Crippen LogP contribution in [0.5, 0.6) is 0 Å². The van der Waals surface area contributed by atoms with Gasteiger partial charge in [-0.15, -0.1) is 0 Å². The molecule has 1 aromatic heterocycles. The van der Waals surface area contributed by atoms with Crippen LogP contribution in [0.15, 0.2) is 50.4 Å². The van der Waals surface area contributed by atoms with Gasteiger partial charge in [0.15, 0.2) is 5.11 Å². The molecule has 1 heterocycles. The molecule has 2 aromatic rings. The lowest BCUT2D eigenvalue weighted by Gasteiger charge is -2.06. The Bertz CT molecular complexity index is 671. The van der Waals surface area contributed by atoms with Crippen molar-refractivity contribution in [1.29, 1.82) is 0 Å². The van der Waals surface area contributed by atoms with Crippen molar-refractivity contribution in [2.24, 2.45) is 5.10 Å². The van der Waals surface area contributed by atoms with Crippen molar-refractivity contribution < 1.29 is 9.15 Å². The fourth-order valence-corrected chi connectivity index (χ4v) is 2.33. The topological polar surface area (TPSA) is 58.8 Å². The summed E-state index contributed by atoms with van der Waals surface area (Å²) in [6, 6.07) is 11.7. The van der Waals surface area contributed by atoms with Gasteiger partial charge in [-0.05, 0) is 49.8 Å². The molecule has 0 saturated heterocycles. The molecule has 0 radical (unpaired) electrons. The van der Waals surface area contributed by atoms with Crippen LogP contribution < -0.4 is 10.7 Å². The predicted octanol–water partition coefficient (Wildman–Crippen LogP) is 3.93. The summed E-state index contributed by atoms with van der Waals surface area (Å²) in [5.41, 5.74) is 3.77. The van der Waals surface area contributed by atoms with Gasteiger partial charge in [-0.1, -0.05) is 28.1 Å². The second-order valence-corrected chi connectivity index (χ2v) is 6.21. The van der Waals surface area contributed by atoms with Crippen LogP contribution in [0.25, 0.3) is 11.3 Å². The number of hydrazone groups is 1. The Morgan fingerprint density at radius 3 is 2.83 bits per heavy atom. The predicted molar refractivity (Wildman–Crippen MR) is 104 cm³/mol. The summed E-state index contributed by atoms with van der Waals surface area (Å²) in [5.74, 6) is 1.44. The number of benzene rings is 1. The SMILES string of the molecule is CCOCCCNC(=S)N/N=C\c1ccc(-c2ccc(Br)cc2)o1. The van der Waals surface area contributed by atoms with Gasteiger partial charge >= 0.3 is 0 Å². The van der Waals surface area contributed by atoms with Crippen LogP contribution in [-0.4, -0.2) is 31.1 Å². The van der Waals surface area contributed by atoms with E-state index in [9.17, 15) is 0 Å². The van der Waals surface area contributed by atoms with E-state index in [0.29, 0.717) is 10.9 Å². The first-order chi connectivity index (χ1) is 11.7. The molecule has 0 aliphatic rings. The van der Waals surface area contributed by atoms with Gasteiger partial charge in [-0.25, -0.2) is 0 Å². The minimum Gasteiger partial charge on any atom is -0.455 e. The monoisotopic (exact) mass is 409 g/mol. The van der Waals surface area contributed by atoms with E-state index in [-0.39, 0.29) is 0 Å². The first kappa shape index (κ1) is 18.6. The molecular formula is C17H20BrN3O2S. The third-order valence-corrected chi connectivity index (χ3v) is 3.83. The van der Waals surface area contributed by atoms with Gasteiger partial charge in [0.2, 0.25) is 0 Å². The molecule has 2 N–H and O–H groups in total. The lowest BCUT2D eigenvalue weighted by atomic mass is 10.2. The normalized spacial score (nSPS) is 10.9. The average Bonchev–Trinajstić information content (AvgIpc) is 3.04. The molecule has 0 aliphatic heterocycles. The van der Waals surface area contributed by atoms with Crippen LogP contribution in [0.1, 0.15) is 19.1 Å². The number of nitrogens with one attached hydrogen (secondary N) is 2. The molecule has 0 spiro atoms. The quantitative estimate of drug-likeness (QED) is 0.299. The fourth-order valence-electron chi connectivity index (χ4n) is 1.91. The number of thiocarbonyl (C=S) groups is 1. The Balaban J connectivity index is 1.76. The van der Waals surface area contributed by atoms with Gasteiger partial charge < -0.3 is 14.5 Å². The maximum absolute atomic E-state index is 5.73. The highest BCUT2D eigenvalue weighted by Gasteiger charge is 2.03. The van der Waals surface area contributed by atoms with Gasteiger partial charge in [-0.3, -0.25) is 5.43 Å². The van der Waals surface area contributed by atoms with E-state index in [4.69, 9.17) is 21.4 Å². The summed E-state index contributed by atoms with van der Waals surface area (Å²) in [5, 5.41) is 7.60. The molecule has 5 nitrogen and oxygen atoms in total. The molecule has 1 aromatic carbocycles. The number of rotatable bonds is 8. The van der Waals surface area contributed by atoms with Crippen molar-refractivity contribution in [3.8, 4) is 11.3 Å². The summed E-state index contributed by atoms with van der Waals surface area (Å²) >= 11 is 8.55. The van der Waals surface area contributed by atoms with Gasteiger partial charge in [0.25, 0.3) is 0 Å². The van der Waals surface area contributed by atoms with E-state index in [1.165, 1.54) is 0 Å². The molecule has 24 heavy (non-hydrogen) atoms. The van der Waals surface area contributed by atoms with Gasteiger partial charge in [-0.2, -0.15) is 5.10 Å². The minimum atomic E-state index is 0.474. The number of hydrogen-bond acceptors (Lipinski definition) is 4. The third kappa shape index (κ3) is 6.43. The smallest absolute Gasteiger partial charge is 0.186 e. The molecule has 7 heteroatoms. The highest BCUT2D eigenvalue weighted by Crippen LogP contribution is 2.23. The Morgan fingerprint density at radius 1 is 1.29 bits per heavy atom. The van der Waals surface area contributed by atoms with E-state index in [1.54, 1.807) is 6.21 Å². The Hall–Kier alpha value is -1.70. The van der Waals surface area contributed by atoms with E-state index in [1.807, 2.05) is 43.3 Å². The highest BCUT2D eigenvalue weighted by molar-refractivity contribution is 9.10. The van der Waals surface area contributed by atoms with Gasteiger partial charge in [0, 0.05) is 29.8 Å². The molecule has 2 rings (SSSR count). The fraction of sp³-hybridized carbons (Fsp3) is 0.294. The molecule has 0 atom stereocenters. The average molecular weight is 410 g/mol. The van der Waals surface area contributed by atoms with Crippen molar-refractivity contribution in [1.82, 2.24) is 10.7 Å². The van der Waals surface area contributed by atoms with Crippen molar-refractivity contribution >= 4 is 39.5 Å². The van der Waals surface area contributed by atoms with Crippen molar-refractivity contribution in [3.05, 3.63) is 46.6 Å². The van der Waals surface area contributed by atoms with Crippen molar-refractivity contribution in [2.45, 2.75) is 13.3 Å². The van der Waals surface area contributed by atoms with Crippen LogP contribution in [0.4, 0.5) is 0 Å². The number of ether oxygens (including phenoxy) is 1. The maximum atomic E-state index is 5.73. The van der Waals surface area contributed by atoms with Gasteiger partial charge in [0.05, 0.1) is 6.21 Å². The Labute approximate surface area is 155 Å². The van der Waals surface area contributed by atoms with Crippen molar-refractivity contribution in [2.75, 3.05) is 19.8 Å². The van der Waals surface area contributed by atoms with Crippen LogP contribution in [0, 0.1) is 0 Å². The lowest BCUT2D eigenvalue weighted by Crippen LogP contribution is -2.33. The summed E-state index contributed by atoms with van der Waals surface area (Å²) in [7, 11) is 0. The highest BCUT2D eigenvalue weighted by atomic mass is 79.9. The lowest BCUT2D eigenvalue weighted by molar-refractivity contribution is 0.145. The van der Waals surface area contributed by atoms with E-state index in [2.05, 4.69) is 31.8 Å². The Kier molecular flexibility index (Phi) is 7.94. The summed E-state index contributed by atoms with van der Waals surface area (Å²) in [6.45, 7) is 4.18. The molecule has 0 fully saturated rings. The summed E-state index contributed by atoms with van der Waals surface area (Å²) in [4.78, 5) is 0. The standard InChI is InChI=1S/C17H20BrN3O2S/c1-2-22-11-3-10-19-17(24)21-20-12-15-8-9-16(23-15)13-4-6-14(18)7-5-13/h4-9,12H,2-3,10-11H2,1H3,(H2,19,21,24)/b20-12-. The van der Waals surface area contributed by atoms with Gasteiger partial charge in [0.1, 0.15) is 11.5 Å². The number of hydrogen-bond donors (Lipinski definition) is 2. The third-order valence-electron chi connectivity index (χ3n) is 3.07. The zero-order valence-corrected chi connectivity index (χ0v) is 15.8. The van der Waals surface area contributed by atoms with Crippen molar-refractivity contribution in [3.63, 3.8) is 0 Å². The molecule has 0 unspecified atom stereocenters. The zero-order chi connectivity index (χ0) is 17.2. The Morgan fingerprint density at radius 2 is 2.08 bits per heavy atom. The molecule has 0 bridgehead atoms. The van der Waals surface area contributed by atoms with Crippen LogP contribution in [0.3, 0.4) is 0 Å². The van der Waals surface area contributed by atoms with E-state index >= 15 is 0 Å². The minimum absolute atomic E-state index is 0.474. The molecule has 0 aliphatic carbocycles. The molecule has 0 amide bonds. The molecular weight excluding hydrogens is 390 g/mol. The summed E-state index contributed by atoms with van der Waals surface area (Å²) in [6.07, 6.45) is 2.49. The number of nitrogens with zero attached hydrogens (tertiary/aromatic N) is 1. The number of halogens is 1. The van der Waals surface area contributed by atoms with Crippen LogP contribution in [-0.2, 0) is 4.74 Å². The van der Waals surface area contributed by atoms with Crippen LogP contribution >= 0.6 is 28.1 Å². The first-order valence-corrected chi connectivity index (χ1v) is 8.89. The van der Waals surface area contributed by atoms with E-state index in [0.717, 1.165) is 42.0 Å². The van der Waals surface area contributed by atoms with Crippen LogP contribution in [0.2, 0.25) is 0 Å². The second kappa shape index (κ2) is 10.2. The first-order valence-electron chi connectivity index (χ1n) is 7.69.